The lowest BCUT2D eigenvalue weighted by Crippen LogP contribution is -2.25. The van der Waals surface area contributed by atoms with Gasteiger partial charge in [-0.15, -0.1) is 0 Å². The lowest BCUT2D eigenvalue weighted by atomic mass is 9.70. The van der Waals surface area contributed by atoms with Crippen molar-refractivity contribution < 1.29 is 0 Å². The molecule has 0 bridgehead atoms. The van der Waals surface area contributed by atoms with Crippen molar-refractivity contribution in [3.05, 3.63) is 29.1 Å². The molecular formula is C19H29N3. The van der Waals surface area contributed by atoms with Crippen molar-refractivity contribution in [3.8, 4) is 0 Å². The molecule has 2 aliphatic rings. The first-order valence-electron chi connectivity index (χ1n) is 9.05. The van der Waals surface area contributed by atoms with E-state index >= 15 is 0 Å². The summed E-state index contributed by atoms with van der Waals surface area (Å²) in [7, 11) is 0. The Morgan fingerprint density at radius 2 is 2.05 bits per heavy atom. The lowest BCUT2D eigenvalue weighted by molar-refractivity contribution is 0.309. The molecule has 0 radical (unpaired) electrons. The third-order valence-corrected chi connectivity index (χ3v) is 5.39. The molecule has 1 aromatic heterocycles. The van der Waals surface area contributed by atoms with Crippen LogP contribution < -0.4 is 5.73 Å². The van der Waals surface area contributed by atoms with Crippen LogP contribution in [-0.2, 0) is 6.42 Å². The van der Waals surface area contributed by atoms with Gasteiger partial charge in [0.05, 0.1) is 5.69 Å². The molecule has 22 heavy (non-hydrogen) atoms. The number of nitrogen functional groups attached to an aromatic ring is 1. The molecule has 3 heteroatoms. The van der Waals surface area contributed by atoms with Crippen molar-refractivity contribution in [1.29, 1.82) is 0 Å². The minimum atomic E-state index is 0.481. The number of anilines is 1. The van der Waals surface area contributed by atoms with Crippen LogP contribution in [-0.4, -0.2) is 9.97 Å². The van der Waals surface area contributed by atoms with Gasteiger partial charge in [0, 0.05) is 11.6 Å². The van der Waals surface area contributed by atoms with Gasteiger partial charge in [-0.2, -0.15) is 0 Å². The van der Waals surface area contributed by atoms with Crippen molar-refractivity contribution in [1.82, 2.24) is 9.97 Å². The number of hydrogen-bond donors (Lipinski definition) is 1. The van der Waals surface area contributed by atoms with Crippen LogP contribution >= 0.6 is 0 Å². The first-order valence-corrected chi connectivity index (χ1v) is 9.05. The predicted octanol–water partition coefficient (Wildman–Crippen LogP) is 4.74. The molecule has 2 aliphatic carbocycles. The number of nitrogens with two attached hydrogens (primary N) is 1. The van der Waals surface area contributed by atoms with Gasteiger partial charge in [-0.1, -0.05) is 45.3 Å². The van der Waals surface area contributed by atoms with Crippen molar-refractivity contribution in [2.24, 2.45) is 5.92 Å². The van der Waals surface area contributed by atoms with Gasteiger partial charge in [-0.25, -0.2) is 9.97 Å². The summed E-state index contributed by atoms with van der Waals surface area (Å²) < 4.78 is 0. The molecule has 0 aromatic carbocycles. The molecule has 0 fully saturated rings. The second-order valence-corrected chi connectivity index (χ2v) is 6.95. The Morgan fingerprint density at radius 1 is 1.18 bits per heavy atom. The molecule has 1 aromatic rings. The highest BCUT2D eigenvalue weighted by Gasteiger charge is 2.39. The van der Waals surface area contributed by atoms with E-state index < -0.39 is 0 Å². The van der Waals surface area contributed by atoms with E-state index in [2.05, 4.69) is 31.0 Å². The standard InChI is InChI=1S/C19H29N3/c1-3-5-6-7-9-15-13(8-4-2)12-14-10-11-16-17(14)18(15)22-19(20)21-16/h6-7,13-15H,3-5,8-12H2,1-2H3,(H2,20,21,22)/b7-6-/t13-,14+,15-/m1/s1. The van der Waals surface area contributed by atoms with Crippen LogP contribution in [0.1, 0.15) is 87.6 Å². The summed E-state index contributed by atoms with van der Waals surface area (Å²) in [4.78, 5) is 9.22. The first-order chi connectivity index (χ1) is 10.7. The van der Waals surface area contributed by atoms with E-state index in [9.17, 15) is 0 Å². The third kappa shape index (κ3) is 2.90. The Hall–Kier alpha value is -1.38. The lowest BCUT2D eigenvalue weighted by Gasteiger charge is -2.35. The van der Waals surface area contributed by atoms with E-state index in [0.29, 0.717) is 17.8 Å². The zero-order valence-electron chi connectivity index (χ0n) is 14.0. The molecule has 3 atom stereocenters. The number of aryl methyl sites for hydroxylation is 1. The fourth-order valence-electron chi connectivity index (χ4n) is 4.44. The summed E-state index contributed by atoms with van der Waals surface area (Å²) in [5, 5.41) is 0. The Kier molecular flexibility index (Phi) is 4.80. The smallest absolute Gasteiger partial charge is 0.220 e. The van der Waals surface area contributed by atoms with Gasteiger partial charge in [-0.3, -0.25) is 0 Å². The zero-order valence-corrected chi connectivity index (χ0v) is 14.0. The molecule has 0 amide bonds. The van der Waals surface area contributed by atoms with Gasteiger partial charge in [0.25, 0.3) is 0 Å². The minimum absolute atomic E-state index is 0.481. The minimum Gasteiger partial charge on any atom is -0.368 e. The second kappa shape index (κ2) is 6.80. The molecule has 0 aliphatic heterocycles. The number of hydrogen-bond acceptors (Lipinski definition) is 3. The average molecular weight is 299 g/mol. The molecule has 0 saturated carbocycles. The monoisotopic (exact) mass is 299 g/mol. The summed E-state index contributed by atoms with van der Waals surface area (Å²) in [6.07, 6.45) is 14.5. The summed E-state index contributed by atoms with van der Waals surface area (Å²) in [5.41, 5.74) is 9.99. The van der Waals surface area contributed by atoms with Crippen molar-refractivity contribution >= 4 is 5.95 Å². The third-order valence-electron chi connectivity index (χ3n) is 5.39. The highest BCUT2D eigenvalue weighted by atomic mass is 15.0. The van der Waals surface area contributed by atoms with E-state index in [4.69, 9.17) is 10.7 Å². The van der Waals surface area contributed by atoms with Gasteiger partial charge >= 0.3 is 0 Å². The maximum atomic E-state index is 5.99. The van der Waals surface area contributed by atoms with Gasteiger partial charge in [0.15, 0.2) is 0 Å². The largest absolute Gasteiger partial charge is 0.368 e. The topological polar surface area (TPSA) is 51.8 Å². The van der Waals surface area contributed by atoms with Crippen molar-refractivity contribution in [3.63, 3.8) is 0 Å². The van der Waals surface area contributed by atoms with Gasteiger partial charge in [-0.05, 0) is 49.5 Å². The average Bonchev–Trinajstić information content (AvgIpc) is 2.89. The fraction of sp³-hybridized carbons (Fsp3) is 0.684. The maximum Gasteiger partial charge on any atom is 0.220 e. The normalized spacial score (nSPS) is 26.5. The van der Waals surface area contributed by atoms with E-state index in [1.54, 1.807) is 0 Å². The van der Waals surface area contributed by atoms with Crippen LogP contribution in [0.4, 0.5) is 5.95 Å². The van der Waals surface area contributed by atoms with Crippen molar-refractivity contribution in [2.45, 2.75) is 77.0 Å². The summed E-state index contributed by atoms with van der Waals surface area (Å²) in [6, 6.07) is 0. The molecular weight excluding hydrogens is 270 g/mol. The first kappa shape index (κ1) is 15.5. The molecule has 0 saturated heterocycles. The molecule has 1 heterocycles. The number of rotatable bonds is 6. The molecule has 120 valence electrons. The van der Waals surface area contributed by atoms with E-state index in [1.165, 1.54) is 55.5 Å². The van der Waals surface area contributed by atoms with Crippen LogP contribution in [0.15, 0.2) is 12.2 Å². The Labute approximate surface area is 134 Å². The highest BCUT2D eigenvalue weighted by molar-refractivity contribution is 5.42. The van der Waals surface area contributed by atoms with Gasteiger partial charge in [0.1, 0.15) is 0 Å². The van der Waals surface area contributed by atoms with E-state index in [1.807, 2.05) is 0 Å². The Morgan fingerprint density at radius 3 is 2.82 bits per heavy atom. The van der Waals surface area contributed by atoms with Crippen LogP contribution in [0, 0.1) is 5.92 Å². The highest BCUT2D eigenvalue weighted by Crippen LogP contribution is 2.50. The molecule has 0 spiro atoms. The predicted molar refractivity (Wildman–Crippen MR) is 91.9 cm³/mol. The zero-order chi connectivity index (χ0) is 15.5. The second-order valence-electron chi connectivity index (χ2n) is 6.95. The molecule has 0 unspecified atom stereocenters. The molecule has 3 rings (SSSR count). The molecule has 3 nitrogen and oxygen atoms in total. The molecule has 2 N–H and O–H groups in total. The van der Waals surface area contributed by atoms with E-state index in [0.717, 1.165) is 18.8 Å². The number of allylic oxidation sites excluding steroid dienone is 2. The summed E-state index contributed by atoms with van der Waals surface area (Å²) in [6.45, 7) is 4.53. The SMILES string of the molecule is CCC/C=C\C[C@H]1c2nc(N)nc3c2[C@@H](CC3)C[C@H]1CCC. The van der Waals surface area contributed by atoms with Crippen LogP contribution in [0.3, 0.4) is 0 Å². The quantitative estimate of drug-likeness (QED) is 0.772. The Bertz CT molecular complexity index is 550. The van der Waals surface area contributed by atoms with Gasteiger partial charge < -0.3 is 5.73 Å². The number of unbranched alkanes of at least 4 members (excludes halogenated alkanes) is 1. The van der Waals surface area contributed by atoms with Crippen LogP contribution in [0.25, 0.3) is 0 Å². The van der Waals surface area contributed by atoms with Gasteiger partial charge in [0.2, 0.25) is 5.95 Å². The van der Waals surface area contributed by atoms with E-state index in [-0.39, 0.29) is 0 Å². The van der Waals surface area contributed by atoms with Crippen LogP contribution in [0.2, 0.25) is 0 Å². The fourth-order valence-corrected chi connectivity index (χ4v) is 4.44. The number of nitrogens with zero attached hydrogens (tertiary/aromatic N) is 2. The maximum absolute atomic E-state index is 5.99. The summed E-state index contributed by atoms with van der Waals surface area (Å²) >= 11 is 0. The van der Waals surface area contributed by atoms with Crippen LogP contribution in [0.5, 0.6) is 0 Å². The summed E-state index contributed by atoms with van der Waals surface area (Å²) in [5.74, 6) is 2.47. The Balaban J connectivity index is 1.92. The number of aromatic nitrogens is 2. The van der Waals surface area contributed by atoms with Crippen molar-refractivity contribution in [2.75, 3.05) is 5.73 Å².